The number of Topliss-reactive ketones (excluding diaryl/α,β-unsaturated/α-hetero) is 1. The highest BCUT2D eigenvalue weighted by Crippen LogP contribution is 2.33. The number of carbonyl (C=O) groups excluding carboxylic acids is 1. The molecule has 1 fully saturated rings. The van der Waals surface area contributed by atoms with Crippen LogP contribution in [0.4, 0.5) is 0 Å². The Morgan fingerprint density at radius 1 is 1.19 bits per heavy atom. The predicted octanol–water partition coefficient (Wildman–Crippen LogP) is 4.03. The number of carboxylic acids is 1. The van der Waals surface area contributed by atoms with Crippen molar-refractivity contribution < 1.29 is 24.9 Å². The summed E-state index contributed by atoms with van der Waals surface area (Å²) in [6.07, 6.45) is 14.7. The fourth-order valence-electron chi connectivity index (χ4n) is 3.57. The topological polar surface area (TPSA) is 94.8 Å². The first-order valence-corrected chi connectivity index (χ1v) is 10.4. The van der Waals surface area contributed by atoms with Gasteiger partial charge in [-0.3, -0.25) is 9.59 Å². The molecular formula is C22H36O5. The molecule has 154 valence electrons. The molecule has 0 aromatic heterocycles. The summed E-state index contributed by atoms with van der Waals surface area (Å²) >= 11 is 0. The van der Waals surface area contributed by atoms with Crippen LogP contribution in [0, 0.1) is 11.8 Å². The molecule has 4 atom stereocenters. The lowest BCUT2D eigenvalue weighted by Gasteiger charge is -2.16. The number of aliphatic hydroxyl groups is 2. The molecule has 5 nitrogen and oxygen atoms in total. The van der Waals surface area contributed by atoms with Gasteiger partial charge in [-0.2, -0.15) is 0 Å². The molecule has 0 unspecified atom stereocenters. The van der Waals surface area contributed by atoms with E-state index in [4.69, 9.17) is 5.11 Å². The largest absolute Gasteiger partial charge is 0.481 e. The average molecular weight is 381 g/mol. The molecule has 3 N–H and O–H groups in total. The second kappa shape index (κ2) is 13.7. The summed E-state index contributed by atoms with van der Waals surface area (Å²) in [5.74, 6) is -1.26. The van der Waals surface area contributed by atoms with Crippen LogP contribution >= 0.6 is 0 Å². The van der Waals surface area contributed by atoms with Crippen molar-refractivity contribution in [1.82, 2.24) is 0 Å². The number of rotatable bonds is 14. The Balaban J connectivity index is 2.42. The molecule has 1 aliphatic carbocycles. The number of aliphatic carboxylic acids is 1. The van der Waals surface area contributed by atoms with Crippen LogP contribution < -0.4 is 0 Å². The van der Waals surface area contributed by atoms with Gasteiger partial charge in [0.05, 0.1) is 12.2 Å². The van der Waals surface area contributed by atoms with E-state index >= 15 is 0 Å². The number of carboxylic acid groups (broad SMARTS) is 1. The zero-order valence-corrected chi connectivity index (χ0v) is 16.6. The molecule has 0 saturated heterocycles. The van der Waals surface area contributed by atoms with Crippen LogP contribution in [0.25, 0.3) is 0 Å². The third-order valence-corrected chi connectivity index (χ3v) is 5.21. The maximum atomic E-state index is 12.2. The highest BCUT2D eigenvalue weighted by molar-refractivity contribution is 5.84. The molecule has 0 spiro atoms. The van der Waals surface area contributed by atoms with Crippen LogP contribution in [0.3, 0.4) is 0 Å². The highest BCUT2D eigenvalue weighted by atomic mass is 16.4. The van der Waals surface area contributed by atoms with Gasteiger partial charge in [-0.15, -0.1) is 0 Å². The van der Waals surface area contributed by atoms with E-state index in [-0.39, 0.29) is 30.5 Å². The van der Waals surface area contributed by atoms with Crippen LogP contribution in [-0.4, -0.2) is 39.3 Å². The van der Waals surface area contributed by atoms with Crippen molar-refractivity contribution in [3.8, 4) is 0 Å². The van der Waals surface area contributed by atoms with Gasteiger partial charge >= 0.3 is 5.97 Å². The average Bonchev–Trinajstić information content (AvgIpc) is 2.88. The van der Waals surface area contributed by atoms with Crippen LogP contribution in [-0.2, 0) is 9.59 Å². The first kappa shape index (κ1) is 23.6. The molecule has 1 aliphatic rings. The molecule has 0 heterocycles. The molecule has 0 aromatic rings. The second-order valence-corrected chi connectivity index (χ2v) is 7.57. The molecule has 1 saturated carbocycles. The van der Waals surface area contributed by atoms with E-state index in [9.17, 15) is 19.8 Å². The molecule has 0 bridgehead atoms. The zero-order valence-electron chi connectivity index (χ0n) is 16.6. The lowest BCUT2D eigenvalue weighted by Crippen LogP contribution is -2.18. The van der Waals surface area contributed by atoms with Crippen LogP contribution in [0.5, 0.6) is 0 Å². The third kappa shape index (κ3) is 9.87. The van der Waals surface area contributed by atoms with Gasteiger partial charge in [0.2, 0.25) is 0 Å². The van der Waals surface area contributed by atoms with Gasteiger partial charge in [0.1, 0.15) is 5.78 Å². The molecule has 0 aromatic carbocycles. The fourth-order valence-corrected chi connectivity index (χ4v) is 3.57. The van der Waals surface area contributed by atoms with Crippen molar-refractivity contribution in [3.05, 3.63) is 24.3 Å². The Bertz CT molecular complexity index is 497. The van der Waals surface area contributed by atoms with Crippen molar-refractivity contribution in [2.75, 3.05) is 0 Å². The summed E-state index contributed by atoms with van der Waals surface area (Å²) in [5.41, 5.74) is 0. The van der Waals surface area contributed by atoms with Crippen molar-refractivity contribution >= 4 is 11.8 Å². The Labute approximate surface area is 163 Å². The van der Waals surface area contributed by atoms with Crippen molar-refractivity contribution in [2.45, 2.75) is 89.8 Å². The Hall–Kier alpha value is -1.46. The third-order valence-electron chi connectivity index (χ3n) is 5.21. The van der Waals surface area contributed by atoms with Gasteiger partial charge in [-0.05, 0) is 25.7 Å². The Morgan fingerprint density at radius 3 is 2.63 bits per heavy atom. The number of hydrogen-bond donors (Lipinski definition) is 3. The maximum absolute atomic E-state index is 12.2. The van der Waals surface area contributed by atoms with Gasteiger partial charge in [0.25, 0.3) is 0 Å². The number of ketones is 1. The van der Waals surface area contributed by atoms with Gasteiger partial charge in [0.15, 0.2) is 0 Å². The lowest BCUT2D eigenvalue weighted by molar-refractivity contribution is -0.137. The van der Waals surface area contributed by atoms with Gasteiger partial charge < -0.3 is 15.3 Å². The van der Waals surface area contributed by atoms with Crippen molar-refractivity contribution in [2.24, 2.45) is 11.8 Å². The second-order valence-electron chi connectivity index (χ2n) is 7.57. The number of carbonyl (C=O) groups is 2. The summed E-state index contributed by atoms with van der Waals surface area (Å²) < 4.78 is 0. The quantitative estimate of drug-likeness (QED) is 0.312. The number of unbranched alkanes of at least 4 members (excludes halogenated alkanes) is 5. The predicted molar refractivity (Wildman–Crippen MR) is 106 cm³/mol. The number of allylic oxidation sites excluding steroid dienone is 2. The Kier molecular flexibility index (Phi) is 11.9. The van der Waals surface area contributed by atoms with Crippen LogP contribution in [0.2, 0.25) is 0 Å². The molecule has 0 aliphatic heterocycles. The van der Waals surface area contributed by atoms with Gasteiger partial charge in [-0.1, -0.05) is 63.3 Å². The molecule has 1 rings (SSSR count). The summed E-state index contributed by atoms with van der Waals surface area (Å²) in [6, 6.07) is 0. The summed E-state index contributed by atoms with van der Waals surface area (Å²) in [5, 5.41) is 28.9. The molecule has 0 radical (unpaired) electrons. The molecule has 27 heavy (non-hydrogen) atoms. The molecule has 5 heteroatoms. The highest BCUT2D eigenvalue weighted by Gasteiger charge is 2.39. The molecular weight excluding hydrogens is 344 g/mol. The minimum Gasteiger partial charge on any atom is -0.481 e. The summed E-state index contributed by atoms with van der Waals surface area (Å²) in [6.45, 7) is 2.17. The Morgan fingerprint density at radius 2 is 1.93 bits per heavy atom. The maximum Gasteiger partial charge on any atom is 0.303 e. The molecule has 0 amide bonds. The van der Waals surface area contributed by atoms with Crippen LogP contribution in [0.1, 0.15) is 77.6 Å². The first-order chi connectivity index (χ1) is 13.0. The van der Waals surface area contributed by atoms with Crippen molar-refractivity contribution in [1.29, 1.82) is 0 Å². The van der Waals surface area contributed by atoms with Gasteiger partial charge in [0, 0.05) is 24.7 Å². The summed E-state index contributed by atoms with van der Waals surface area (Å²) in [4.78, 5) is 22.6. The van der Waals surface area contributed by atoms with E-state index in [1.807, 2.05) is 18.2 Å². The van der Waals surface area contributed by atoms with E-state index in [2.05, 4.69) is 6.92 Å². The van der Waals surface area contributed by atoms with Gasteiger partial charge in [-0.25, -0.2) is 0 Å². The number of aliphatic hydroxyl groups excluding tert-OH is 2. The van der Waals surface area contributed by atoms with Crippen LogP contribution in [0.15, 0.2) is 24.3 Å². The van der Waals surface area contributed by atoms with E-state index < -0.39 is 18.2 Å². The monoisotopic (exact) mass is 380 g/mol. The standard InChI is InChI=1S/C22H36O5/c1-2-3-4-5-8-11-17(23)14-15-19-18(20(24)16-21(19)25)12-9-6-7-10-13-22(26)27/h6,9,14-15,17-19,21,23,25H,2-5,7-8,10-13,16H2,1H3,(H,26,27)/b9-6+,15-14?/t17-,18+,19+,21+/m0/s1. The zero-order chi connectivity index (χ0) is 20.1. The first-order valence-electron chi connectivity index (χ1n) is 10.4. The normalized spacial score (nSPS) is 24.3. The number of hydrogen-bond acceptors (Lipinski definition) is 4. The minimum absolute atomic E-state index is 0.0568. The van der Waals surface area contributed by atoms with E-state index in [0.717, 1.165) is 12.8 Å². The minimum atomic E-state index is -0.799. The lowest BCUT2D eigenvalue weighted by atomic mass is 9.90. The van der Waals surface area contributed by atoms with E-state index in [1.54, 1.807) is 6.08 Å². The van der Waals surface area contributed by atoms with E-state index in [1.165, 1.54) is 19.3 Å². The smallest absolute Gasteiger partial charge is 0.303 e. The SMILES string of the molecule is CCCCCCC[C@H](O)C=C[C@H]1[C@H](O)CC(=O)[C@@H]1C/C=C/CCCC(=O)O. The summed E-state index contributed by atoms with van der Waals surface area (Å²) in [7, 11) is 0. The fraction of sp³-hybridized carbons (Fsp3) is 0.727. The van der Waals surface area contributed by atoms with E-state index in [0.29, 0.717) is 25.7 Å². The van der Waals surface area contributed by atoms with Crippen molar-refractivity contribution in [3.63, 3.8) is 0 Å².